The van der Waals surface area contributed by atoms with E-state index in [1.54, 1.807) is 0 Å². The highest BCUT2D eigenvalue weighted by atomic mass is 16.4. The summed E-state index contributed by atoms with van der Waals surface area (Å²) in [5, 5.41) is 9.05. The molecule has 2 aromatic rings. The van der Waals surface area contributed by atoms with E-state index in [1.165, 1.54) is 11.1 Å². The number of carboxylic acids is 1. The quantitative estimate of drug-likeness (QED) is 0.932. The summed E-state index contributed by atoms with van der Waals surface area (Å²) in [5.41, 5.74) is 2.42. The zero-order valence-electron chi connectivity index (χ0n) is 13.1. The van der Waals surface area contributed by atoms with Gasteiger partial charge in [-0.25, -0.2) is 0 Å². The number of hydrogen-bond acceptors (Lipinski definition) is 2. The molecule has 0 saturated carbocycles. The average molecular weight is 297 g/mol. The first kappa shape index (κ1) is 16.2. The number of hydrogen-bond donors (Lipinski definition) is 1. The summed E-state index contributed by atoms with van der Waals surface area (Å²) in [4.78, 5) is 13.2. The van der Waals surface area contributed by atoms with E-state index in [1.807, 2.05) is 50.2 Å². The lowest BCUT2D eigenvalue weighted by Gasteiger charge is -2.43. The summed E-state index contributed by atoms with van der Waals surface area (Å²) in [6.07, 6.45) is 0. The van der Waals surface area contributed by atoms with Gasteiger partial charge >= 0.3 is 5.97 Å². The molecule has 1 N–H and O–H groups in total. The molecule has 0 radical (unpaired) electrons. The molecule has 0 unspecified atom stereocenters. The van der Waals surface area contributed by atoms with Crippen LogP contribution in [0.2, 0.25) is 0 Å². The Bertz CT molecular complexity index is 537. The second-order valence-electron chi connectivity index (χ2n) is 5.21. The summed E-state index contributed by atoms with van der Waals surface area (Å²) in [7, 11) is 0. The number of benzene rings is 2. The van der Waals surface area contributed by atoms with Gasteiger partial charge in [0.25, 0.3) is 0 Å². The third kappa shape index (κ3) is 3.55. The van der Waals surface area contributed by atoms with Crippen LogP contribution in [0.5, 0.6) is 0 Å². The Hall–Kier alpha value is -2.13. The molecule has 1 fully saturated rings. The fraction of sp³-hybridized carbons (Fsp3) is 0.316. The summed E-state index contributed by atoms with van der Waals surface area (Å²) in [5.74, 6) is -0.925. The molecule has 0 spiro atoms. The van der Waals surface area contributed by atoms with Crippen LogP contribution in [0.25, 0.3) is 0 Å². The SMILES string of the molecule is CC.O=C(O)C1CN(C(c2ccccc2)c2ccccc2)C1. The summed E-state index contributed by atoms with van der Waals surface area (Å²) in [6.45, 7) is 5.23. The Labute approximate surface area is 132 Å². The third-order valence-corrected chi connectivity index (χ3v) is 3.85. The standard InChI is InChI=1S/C17H17NO2.C2H6/c19-17(20)15-11-18(12-15)16(13-7-3-1-4-8-13)14-9-5-2-6-10-14;1-2/h1-10,15-16H,11-12H2,(H,19,20);1-2H3. The van der Waals surface area contributed by atoms with E-state index in [-0.39, 0.29) is 12.0 Å². The van der Waals surface area contributed by atoms with E-state index in [0.29, 0.717) is 13.1 Å². The maximum atomic E-state index is 11.0. The van der Waals surface area contributed by atoms with Gasteiger partial charge in [0.1, 0.15) is 0 Å². The van der Waals surface area contributed by atoms with Crippen molar-refractivity contribution in [3.63, 3.8) is 0 Å². The highest BCUT2D eigenvalue weighted by Crippen LogP contribution is 2.34. The molecule has 3 rings (SSSR count). The molecule has 0 bridgehead atoms. The molecule has 0 amide bonds. The zero-order chi connectivity index (χ0) is 15.9. The predicted molar refractivity (Wildman–Crippen MR) is 88.8 cm³/mol. The number of carbonyl (C=O) groups is 1. The third-order valence-electron chi connectivity index (χ3n) is 3.85. The fourth-order valence-electron chi connectivity index (χ4n) is 2.76. The normalized spacial score (nSPS) is 14.9. The van der Waals surface area contributed by atoms with Crippen LogP contribution < -0.4 is 0 Å². The maximum Gasteiger partial charge on any atom is 0.309 e. The van der Waals surface area contributed by atoms with Crippen molar-refractivity contribution >= 4 is 5.97 Å². The summed E-state index contributed by atoms with van der Waals surface area (Å²) >= 11 is 0. The van der Waals surface area contributed by atoms with Crippen molar-refractivity contribution in [3.8, 4) is 0 Å². The van der Waals surface area contributed by atoms with Crippen molar-refractivity contribution in [1.29, 1.82) is 0 Å². The molecule has 1 aliphatic heterocycles. The van der Waals surface area contributed by atoms with Crippen LogP contribution in [0.1, 0.15) is 31.0 Å². The second-order valence-corrected chi connectivity index (χ2v) is 5.21. The Morgan fingerprint density at radius 3 is 1.73 bits per heavy atom. The molecule has 0 aromatic heterocycles. The monoisotopic (exact) mass is 297 g/mol. The van der Waals surface area contributed by atoms with Crippen LogP contribution in [0.15, 0.2) is 60.7 Å². The topological polar surface area (TPSA) is 40.5 Å². The molecule has 1 heterocycles. The molecule has 3 heteroatoms. The van der Waals surface area contributed by atoms with Crippen LogP contribution >= 0.6 is 0 Å². The lowest BCUT2D eigenvalue weighted by Crippen LogP contribution is -2.51. The molecule has 22 heavy (non-hydrogen) atoms. The largest absolute Gasteiger partial charge is 0.481 e. The molecule has 2 aromatic carbocycles. The van der Waals surface area contributed by atoms with Crippen LogP contribution in [0.3, 0.4) is 0 Å². The van der Waals surface area contributed by atoms with Crippen molar-refractivity contribution < 1.29 is 9.90 Å². The highest BCUT2D eigenvalue weighted by Gasteiger charge is 2.37. The van der Waals surface area contributed by atoms with Crippen molar-refractivity contribution in [2.45, 2.75) is 19.9 Å². The number of carboxylic acid groups (broad SMARTS) is 1. The minimum absolute atomic E-state index is 0.146. The van der Waals surface area contributed by atoms with Gasteiger partial charge in [0.2, 0.25) is 0 Å². The first-order chi connectivity index (χ1) is 10.8. The number of likely N-dealkylation sites (tertiary alicyclic amines) is 1. The first-order valence-electron chi connectivity index (χ1n) is 7.82. The Kier molecular flexibility index (Phi) is 5.73. The predicted octanol–water partition coefficient (Wildman–Crippen LogP) is 3.82. The van der Waals surface area contributed by atoms with Crippen molar-refractivity contribution in [3.05, 3.63) is 71.8 Å². The Morgan fingerprint density at radius 2 is 1.36 bits per heavy atom. The van der Waals surface area contributed by atoms with Gasteiger partial charge in [-0.05, 0) is 11.1 Å². The molecule has 0 aliphatic carbocycles. The van der Waals surface area contributed by atoms with E-state index in [0.717, 1.165) is 0 Å². The molecule has 1 saturated heterocycles. The van der Waals surface area contributed by atoms with E-state index in [9.17, 15) is 4.79 Å². The van der Waals surface area contributed by atoms with Gasteiger partial charge in [-0.1, -0.05) is 74.5 Å². The minimum atomic E-state index is -0.693. The van der Waals surface area contributed by atoms with Crippen LogP contribution in [0.4, 0.5) is 0 Å². The van der Waals surface area contributed by atoms with Crippen LogP contribution in [-0.4, -0.2) is 29.1 Å². The zero-order valence-corrected chi connectivity index (χ0v) is 13.1. The highest BCUT2D eigenvalue weighted by molar-refractivity contribution is 5.71. The van der Waals surface area contributed by atoms with Crippen LogP contribution in [0, 0.1) is 5.92 Å². The maximum absolute atomic E-state index is 11.0. The van der Waals surface area contributed by atoms with Gasteiger partial charge < -0.3 is 5.11 Å². The lowest BCUT2D eigenvalue weighted by molar-refractivity contribution is -0.148. The second kappa shape index (κ2) is 7.76. The Morgan fingerprint density at radius 1 is 0.955 bits per heavy atom. The molecule has 1 aliphatic rings. The molecular formula is C19H23NO2. The van der Waals surface area contributed by atoms with Gasteiger partial charge in [-0.3, -0.25) is 9.69 Å². The minimum Gasteiger partial charge on any atom is -0.481 e. The van der Waals surface area contributed by atoms with Gasteiger partial charge in [-0.15, -0.1) is 0 Å². The average Bonchev–Trinajstić information content (AvgIpc) is 2.53. The van der Waals surface area contributed by atoms with Crippen molar-refractivity contribution in [2.24, 2.45) is 5.92 Å². The van der Waals surface area contributed by atoms with E-state index in [4.69, 9.17) is 5.11 Å². The van der Waals surface area contributed by atoms with Gasteiger partial charge in [0.15, 0.2) is 0 Å². The van der Waals surface area contributed by atoms with E-state index in [2.05, 4.69) is 29.2 Å². The molecule has 0 atom stereocenters. The number of aliphatic carboxylic acids is 1. The van der Waals surface area contributed by atoms with Crippen molar-refractivity contribution in [2.75, 3.05) is 13.1 Å². The molecular weight excluding hydrogens is 274 g/mol. The number of nitrogens with zero attached hydrogens (tertiary/aromatic N) is 1. The first-order valence-corrected chi connectivity index (χ1v) is 7.82. The van der Waals surface area contributed by atoms with Crippen molar-refractivity contribution in [1.82, 2.24) is 4.90 Å². The lowest BCUT2D eigenvalue weighted by atomic mass is 9.90. The van der Waals surface area contributed by atoms with E-state index < -0.39 is 5.97 Å². The fourth-order valence-corrected chi connectivity index (χ4v) is 2.76. The molecule has 116 valence electrons. The van der Waals surface area contributed by atoms with Gasteiger partial charge in [-0.2, -0.15) is 0 Å². The van der Waals surface area contributed by atoms with Gasteiger partial charge in [0, 0.05) is 13.1 Å². The van der Waals surface area contributed by atoms with Gasteiger partial charge in [0.05, 0.1) is 12.0 Å². The number of rotatable bonds is 4. The smallest absolute Gasteiger partial charge is 0.309 e. The summed E-state index contributed by atoms with van der Waals surface area (Å²) in [6, 6.07) is 20.7. The Balaban J connectivity index is 0.000000847. The van der Waals surface area contributed by atoms with E-state index >= 15 is 0 Å². The van der Waals surface area contributed by atoms with Crippen LogP contribution in [-0.2, 0) is 4.79 Å². The molecule has 3 nitrogen and oxygen atoms in total. The summed E-state index contributed by atoms with van der Waals surface area (Å²) < 4.78 is 0.